The first-order valence-electron chi connectivity index (χ1n) is 29.2. The Morgan fingerprint density at radius 3 is 0.694 bits per heavy atom. The molecule has 0 amide bonds. The molecule has 0 fully saturated rings. The van der Waals surface area contributed by atoms with Crippen LogP contribution in [0.15, 0.2) is 244 Å². The Kier molecular flexibility index (Phi) is 17.1. The monoisotopic (exact) mass is 1120 g/mol. The summed E-state index contributed by atoms with van der Waals surface area (Å²) in [7, 11) is 0. The number of nitrogens with zero attached hydrogens (tertiary/aromatic N) is 4. The lowest BCUT2D eigenvalue weighted by Crippen LogP contribution is -2.35. The Labute approximate surface area is 496 Å². The van der Waals surface area contributed by atoms with Crippen molar-refractivity contribution in [1.82, 2.24) is 0 Å². The molecule has 0 spiro atoms. The zero-order valence-electron chi connectivity index (χ0n) is 47.8. The smallest absolute Gasteiger partial charge is 0.176 e. The highest BCUT2D eigenvalue weighted by atomic mass is 16.5. The van der Waals surface area contributed by atoms with Crippen molar-refractivity contribution in [3.05, 3.63) is 288 Å². The van der Waals surface area contributed by atoms with E-state index >= 15 is 0 Å². The maximum atomic E-state index is 5.83. The van der Waals surface area contributed by atoms with Crippen LogP contribution in [-0.2, 0) is 31.6 Å². The minimum atomic E-state index is -0.729. The third-order valence-electron chi connectivity index (χ3n) is 15.8. The Hall–Kier alpha value is -9.56. The topological polar surface area (TPSA) is 157 Å². The van der Waals surface area contributed by atoms with Crippen LogP contribution in [0.1, 0.15) is 44.5 Å². The van der Waals surface area contributed by atoms with Gasteiger partial charge in [0, 0.05) is 94.2 Å². The average molecular weight is 1130 g/mol. The standard InChI is InChI=1S/C73H72N8O4/c74-29-37-82-69-21-9-61-49-78(33-25-57(61)41-69)45-53-1-13-65(14-2-53)73(66-15-3-54(4-16-66)46-79-34-26-58-42-70(83-38-30-75)22-10-62(58)50-79,67-17-5-55(6-18-67)47-80-35-27-59-43-71(84-39-31-76)23-11-63(59)51-80)68-19-7-56(8-20-68)48-81-36-28-60-44-72(85-40-32-77)24-12-64(60)52-81/h1-28,33-36,41-44,49-52H,29-32,37-40,45-48,74-77H2/q+4. The summed E-state index contributed by atoms with van der Waals surface area (Å²) >= 11 is 0. The Bertz CT molecular complexity index is 3700. The van der Waals surface area contributed by atoms with E-state index in [0.29, 0.717) is 78.8 Å². The Morgan fingerprint density at radius 2 is 0.482 bits per heavy atom. The molecule has 0 saturated carbocycles. The van der Waals surface area contributed by atoms with Crippen LogP contribution < -0.4 is 60.2 Å². The molecule has 0 aliphatic heterocycles. The van der Waals surface area contributed by atoms with E-state index < -0.39 is 5.41 Å². The van der Waals surface area contributed by atoms with Crippen molar-refractivity contribution in [2.24, 2.45) is 22.9 Å². The molecule has 4 heterocycles. The lowest BCUT2D eigenvalue weighted by Gasteiger charge is -2.37. The third kappa shape index (κ3) is 12.8. The van der Waals surface area contributed by atoms with Gasteiger partial charge in [-0.2, -0.15) is 0 Å². The molecule has 0 radical (unpaired) electrons. The normalized spacial score (nSPS) is 11.6. The molecule has 8 N–H and O–H groups in total. The fourth-order valence-corrected chi connectivity index (χ4v) is 11.6. The molecule has 12 aromatic rings. The summed E-state index contributed by atoms with van der Waals surface area (Å²) in [5, 5.41) is 9.02. The number of nitrogens with two attached hydrogens (primary N) is 4. The van der Waals surface area contributed by atoms with E-state index in [1.807, 2.05) is 24.3 Å². The summed E-state index contributed by atoms with van der Waals surface area (Å²) < 4.78 is 32.3. The quantitative estimate of drug-likeness (QED) is 0.0345. The lowest BCUT2D eigenvalue weighted by molar-refractivity contribution is -0.687. The second-order valence-corrected chi connectivity index (χ2v) is 21.7. The van der Waals surface area contributed by atoms with Gasteiger partial charge in [-0.05, 0) is 117 Å². The number of rotatable bonds is 24. The van der Waals surface area contributed by atoms with E-state index in [9.17, 15) is 0 Å². The number of aromatic nitrogens is 4. The van der Waals surface area contributed by atoms with Crippen LogP contribution in [-0.4, -0.2) is 52.6 Å². The van der Waals surface area contributed by atoms with Gasteiger partial charge >= 0.3 is 0 Å². The van der Waals surface area contributed by atoms with Crippen LogP contribution in [0.2, 0.25) is 0 Å². The maximum absolute atomic E-state index is 5.83. The van der Waals surface area contributed by atoms with Gasteiger partial charge in [0.2, 0.25) is 0 Å². The first kappa shape index (κ1) is 55.9. The highest BCUT2D eigenvalue weighted by molar-refractivity contribution is 5.84. The summed E-state index contributed by atoms with van der Waals surface area (Å²) in [5.41, 5.74) is 31.6. The van der Waals surface area contributed by atoms with E-state index in [4.69, 9.17) is 41.9 Å². The summed E-state index contributed by atoms with van der Waals surface area (Å²) in [6.07, 6.45) is 17.4. The van der Waals surface area contributed by atoms with Crippen molar-refractivity contribution in [2.45, 2.75) is 31.6 Å². The van der Waals surface area contributed by atoms with Crippen LogP contribution in [0.25, 0.3) is 43.1 Å². The molecule has 0 bridgehead atoms. The molecule has 0 aliphatic carbocycles. The highest BCUT2D eigenvalue weighted by Gasteiger charge is 2.39. The number of pyridine rings is 4. The van der Waals surface area contributed by atoms with E-state index in [-0.39, 0.29) is 0 Å². The van der Waals surface area contributed by atoms with Crippen molar-refractivity contribution in [1.29, 1.82) is 0 Å². The van der Waals surface area contributed by atoms with Crippen molar-refractivity contribution in [3.8, 4) is 23.0 Å². The molecule has 12 nitrogen and oxygen atoms in total. The van der Waals surface area contributed by atoms with Crippen LogP contribution in [0.5, 0.6) is 23.0 Å². The molecule has 0 unspecified atom stereocenters. The minimum Gasteiger partial charge on any atom is -0.492 e. The van der Waals surface area contributed by atoms with Crippen molar-refractivity contribution in [2.75, 3.05) is 52.6 Å². The Balaban J connectivity index is 0.920. The van der Waals surface area contributed by atoms with Gasteiger partial charge in [-0.25, -0.2) is 18.3 Å². The van der Waals surface area contributed by atoms with E-state index in [0.717, 1.165) is 88.3 Å². The van der Waals surface area contributed by atoms with Crippen LogP contribution in [0.3, 0.4) is 0 Å². The number of benzene rings is 8. The highest BCUT2D eigenvalue weighted by Crippen LogP contribution is 2.46. The Morgan fingerprint density at radius 1 is 0.259 bits per heavy atom. The predicted molar refractivity (Wildman–Crippen MR) is 336 cm³/mol. The molecular weight excluding hydrogens is 1050 g/mol. The first-order valence-corrected chi connectivity index (χ1v) is 29.2. The number of fused-ring (bicyclic) bond motifs is 4. The van der Waals surface area contributed by atoms with Gasteiger partial charge in [-0.1, -0.05) is 97.1 Å². The summed E-state index contributed by atoms with van der Waals surface area (Å²) in [4.78, 5) is 0. The van der Waals surface area contributed by atoms with Crippen molar-refractivity contribution >= 4 is 43.1 Å². The predicted octanol–water partition coefficient (Wildman–Crippen LogP) is 9.38. The van der Waals surface area contributed by atoms with Gasteiger partial charge in [0.05, 0.1) is 5.41 Å². The molecule has 0 aliphatic rings. The molecule has 424 valence electrons. The summed E-state index contributed by atoms with van der Waals surface area (Å²) in [6.45, 7) is 6.63. The number of hydrogen-bond donors (Lipinski definition) is 4. The zero-order chi connectivity index (χ0) is 58.0. The van der Waals surface area contributed by atoms with E-state index in [1.165, 1.54) is 22.3 Å². The van der Waals surface area contributed by atoms with E-state index in [1.54, 1.807) is 0 Å². The second kappa shape index (κ2) is 25.9. The molecule has 0 atom stereocenters. The molecule has 12 heteroatoms. The maximum Gasteiger partial charge on any atom is 0.176 e. The van der Waals surface area contributed by atoms with Gasteiger partial charge in [-0.15, -0.1) is 0 Å². The average Bonchev–Trinajstić information content (AvgIpc) is 3.72. The van der Waals surface area contributed by atoms with Crippen LogP contribution in [0, 0.1) is 0 Å². The number of hydrogen-bond acceptors (Lipinski definition) is 8. The SMILES string of the molecule is NCCOc1ccc2c[n+](Cc3ccc(C(c4ccc(C[n+]5ccc6cc(OCCN)ccc6c5)cc4)(c4ccc(C[n+]5ccc6cc(OCCN)ccc6c5)cc4)c4ccc(C[n+]5ccc6cc(OCCN)ccc6c5)cc4)cc3)ccc2c1. The molecule has 4 aromatic heterocycles. The van der Waals surface area contributed by atoms with Crippen LogP contribution in [0.4, 0.5) is 0 Å². The molecule has 0 saturated heterocycles. The fourth-order valence-electron chi connectivity index (χ4n) is 11.6. The van der Waals surface area contributed by atoms with E-state index in [2.05, 4.69) is 238 Å². The largest absolute Gasteiger partial charge is 0.492 e. The van der Waals surface area contributed by atoms with Crippen molar-refractivity contribution in [3.63, 3.8) is 0 Å². The third-order valence-corrected chi connectivity index (χ3v) is 15.8. The fraction of sp³-hybridized carbons (Fsp3) is 0.178. The molecule has 85 heavy (non-hydrogen) atoms. The van der Waals surface area contributed by atoms with Crippen molar-refractivity contribution < 1.29 is 37.2 Å². The summed E-state index contributed by atoms with van der Waals surface area (Å²) in [6, 6.07) is 70.4. The van der Waals surface area contributed by atoms with Gasteiger partial charge in [-0.3, -0.25) is 0 Å². The molecule has 12 rings (SSSR count). The van der Waals surface area contributed by atoms with Gasteiger partial charge in [0.15, 0.2) is 75.8 Å². The zero-order valence-corrected chi connectivity index (χ0v) is 47.8. The molecule has 8 aromatic carbocycles. The van der Waals surface area contributed by atoms with Gasteiger partial charge in [0.25, 0.3) is 0 Å². The van der Waals surface area contributed by atoms with Crippen LogP contribution >= 0.6 is 0 Å². The lowest BCUT2D eigenvalue weighted by atomic mass is 9.65. The minimum absolute atomic E-state index is 0.473. The first-order chi connectivity index (χ1) is 41.8. The summed E-state index contributed by atoms with van der Waals surface area (Å²) in [5.74, 6) is 3.29. The second-order valence-electron chi connectivity index (χ2n) is 21.7. The van der Waals surface area contributed by atoms with Gasteiger partial charge < -0.3 is 41.9 Å². The molecular formula is C73H72N8O4+4. The number of ether oxygens (including phenoxy) is 4. The van der Waals surface area contributed by atoms with Gasteiger partial charge in [0.1, 0.15) is 49.4 Å².